The summed E-state index contributed by atoms with van der Waals surface area (Å²) in [6, 6.07) is 0.00305. The molecule has 0 radical (unpaired) electrons. The van der Waals surface area contributed by atoms with Gasteiger partial charge in [-0.3, -0.25) is 9.59 Å². The first-order chi connectivity index (χ1) is 11.0. The molecule has 1 fully saturated rings. The number of aliphatic carboxylic acids is 1. The number of hydrogen-bond acceptors (Lipinski definition) is 3. The van der Waals surface area contributed by atoms with E-state index in [1.54, 1.807) is 4.90 Å². The van der Waals surface area contributed by atoms with Crippen molar-refractivity contribution in [3.05, 3.63) is 0 Å². The molecule has 3 amide bonds. The highest BCUT2D eigenvalue weighted by Crippen LogP contribution is 2.11. The molecule has 7 nitrogen and oxygen atoms in total. The third-order valence-electron chi connectivity index (χ3n) is 4.00. The number of carbonyl (C=O) groups is 3. The number of unbranched alkanes of at least 4 members (excludes halogenated alkanes) is 2. The number of hydrogen-bond donors (Lipinski definition) is 3. The van der Waals surface area contributed by atoms with Crippen LogP contribution in [0.2, 0.25) is 0 Å². The quantitative estimate of drug-likeness (QED) is 0.562. The van der Waals surface area contributed by atoms with E-state index >= 15 is 0 Å². The Hall–Kier alpha value is -1.79. The molecule has 0 unspecified atom stereocenters. The lowest BCUT2D eigenvalue weighted by Crippen LogP contribution is -2.49. The molecule has 3 N–H and O–H groups in total. The van der Waals surface area contributed by atoms with E-state index < -0.39 is 5.97 Å². The zero-order chi connectivity index (χ0) is 17.1. The molecule has 1 rings (SSSR count). The molecule has 1 aliphatic heterocycles. The van der Waals surface area contributed by atoms with Crippen molar-refractivity contribution in [2.24, 2.45) is 0 Å². The molecule has 0 saturated carbocycles. The van der Waals surface area contributed by atoms with Crippen LogP contribution in [0.5, 0.6) is 0 Å². The normalized spacial score (nSPS) is 15.3. The highest BCUT2D eigenvalue weighted by molar-refractivity contribution is 5.76. The maximum Gasteiger partial charge on any atom is 0.317 e. The Morgan fingerprint density at radius 3 is 2.39 bits per heavy atom. The van der Waals surface area contributed by atoms with Crippen LogP contribution >= 0.6 is 0 Å². The van der Waals surface area contributed by atoms with Crippen LogP contribution in [0.4, 0.5) is 4.79 Å². The third kappa shape index (κ3) is 8.42. The molecule has 0 aliphatic carbocycles. The number of likely N-dealkylation sites (tertiary alicyclic amines) is 1. The number of piperidine rings is 1. The minimum absolute atomic E-state index is 0.0619. The van der Waals surface area contributed by atoms with Gasteiger partial charge in [0.25, 0.3) is 0 Å². The van der Waals surface area contributed by atoms with Crippen molar-refractivity contribution in [2.75, 3.05) is 19.6 Å². The molecule has 1 saturated heterocycles. The minimum atomic E-state index is -0.852. The van der Waals surface area contributed by atoms with Crippen LogP contribution in [0.1, 0.15) is 58.3 Å². The van der Waals surface area contributed by atoms with Crippen molar-refractivity contribution >= 4 is 17.9 Å². The van der Waals surface area contributed by atoms with Gasteiger partial charge in [-0.15, -0.1) is 0 Å². The molecule has 1 heterocycles. The molecule has 23 heavy (non-hydrogen) atoms. The summed E-state index contributed by atoms with van der Waals surface area (Å²) in [5.74, 6) is -0.746. The number of carboxylic acid groups (broad SMARTS) is 1. The molecule has 0 spiro atoms. The van der Waals surface area contributed by atoms with Gasteiger partial charge in [0.05, 0.1) is 0 Å². The van der Waals surface area contributed by atoms with E-state index in [1.807, 2.05) is 0 Å². The maximum absolute atomic E-state index is 11.9. The Bertz CT molecular complexity index is 393. The maximum atomic E-state index is 11.9. The fourth-order valence-electron chi connectivity index (χ4n) is 2.61. The zero-order valence-electron chi connectivity index (χ0n) is 14.0. The molecule has 0 aromatic rings. The molecule has 0 aromatic heterocycles. The summed E-state index contributed by atoms with van der Waals surface area (Å²) >= 11 is 0. The van der Waals surface area contributed by atoms with E-state index in [-0.39, 0.29) is 24.4 Å². The topological polar surface area (TPSA) is 98.7 Å². The van der Waals surface area contributed by atoms with Gasteiger partial charge in [0.15, 0.2) is 0 Å². The SMILES string of the molecule is CCCCCC(=O)NC1CCN(C(=O)NCCCC(=O)O)CC1. The number of urea groups is 1. The van der Waals surface area contributed by atoms with Crippen LogP contribution in [0.25, 0.3) is 0 Å². The van der Waals surface area contributed by atoms with E-state index in [4.69, 9.17) is 5.11 Å². The van der Waals surface area contributed by atoms with Crippen LogP contribution in [-0.4, -0.2) is 53.6 Å². The summed E-state index contributed by atoms with van der Waals surface area (Å²) in [7, 11) is 0. The fraction of sp³-hybridized carbons (Fsp3) is 0.812. The summed E-state index contributed by atoms with van der Waals surface area (Å²) in [4.78, 5) is 35.8. The highest BCUT2D eigenvalue weighted by atomic mass is 16.4. The zero-order valence-corrected chi connectivity index (χ0v) is 14.0. The van der Waals surface area contributed by atoms with E-state index in [1.165, 1.54) is 0 Å². The van der Waals surface area contributed by atoms with Crippen molar-refractivity contribution in [3.63, 3.8) is 0 Å². The Morgan fingerprint density at radius 2 is 1.78 bits per heavy atom. The second kappa shape index (κ2) is 10.9. The summed E-state index contributed by atoms with van der Waals surface area (Å²) in [6.07, 6.45) is 5.72. The minimum Gasteiger partial charge on any atom is -0.481 e. The van der Waals surface area contributed by atoms with Crippen molar-refractivity contribution < 1.29 is 19.5 Å². The van der Waals surface area contributed by atoms with Gasteiger partial charge in [0.2, 0.25) is 5.91 Å². The molecule has 0 atom stereocenters. The van der Waals surface area contributed by atoms with Gasteiger partial charge in [-0.2, -0.15) is 0 Å². The van der Waals surface area contributed by atoms with Gasteiger partial charge in [0.1, 0.15) is 0 Å². The van der Waals surface area contributed by atoms with Crippen molar-refractivity contribution in [1.82, 2.24) is 15.5 Å². The largest absolute Gasteiger partial charge is 0.481 e. The molecule has 132 valence electrons. The Kier molecular flexibility index (Phi) is 9.09. The summed E-state index contributed by atoms with van der Waals surface area (Å²) in [5, 5.41) is 14.3. The average molecular weight is 327 g/mol. The lowest BCUT2D eigenvalue weighted by molar-refractivity contribution is -0.137. The van der Waals surface area contributed by atoms with Crippen molar-refractivity contribution in [3.8, 4) is 0 Å². The summed E-state index contributed by atoms with van der Waals surface area (Å²) in [5.41, 5.74) is 0. The smallest absolute Gasteiger partial charge is 0.317 e. The fourth-order valence-corrected chi connectivity index (χ4v) is 2.61. The number of nitrogens with zero attached hydrogens (tertiary/aromatic N) is 1. The Balaban J connectivity index is 2.15. The molecular formula is C16H29N3O4. The second-order valence-electron chi connectivity index (χ2n) is 6.02. The second-order valence-corrected chi connectivity index (χ2v) is 6.02. The van der Waals surface area contributed by atoms with Crippen LogP contribution in [0.15, 0.2) is 0 Å². The van der Waals surface area contributed by atoms with Crippen LogP contribution in [0.3, 0.4) is 0 Å². The predicted molar refractivity (Wildman–Crippen MR) is 87.1 cm³/mol. The van der Waals surface area contributed by atoms with Gasteiger partial charge in [-0.05, 0) is 25.7 Å². The van der Waals surface area contributed by atoms with Gasteiger partial charge in [-0.1, -0.05) is 19.8 Å². The van der Waals surface area contributed by atoms with Gasteiger partial charge >= 0.3 is 12.0 Å². The number of nitrogens with one attached hydrogen (secondary N) is 2. The number of carboxylic acids is 1. The number of amides is 3. The van der Waals surface area contributed by atoms with Crippen LogP contribution < -0.4 is 10.6 Å². The standard InChI is InChI=1S/C16H29N3O4/c1-2-3-4-6-14(20)18-13-8-11-19(12-9-13)16(23)17-10-5-7-15(21)22/h13H,2-12H2,1H3,(H,17,23)(H,18,20)(H,21,22). The van der Waals surface area contributed by atoms with E-state index in [9.17, 15) is 14.4 Å². The van der Waals surface area contributed by atoms with Gasteiger partial charge in [-0.25, -0.2) is 4.79 Å². The number of carbonyl (C=O) groups excluding carboxylic acids is 2. The monoisotopic (exact) mass is 327 g/mol. The lowest BCUT2D eigenvalue weighted by atomic mass is 10.0. The van der Waals surface area contributed by atoms with Crippen LogP contribution in [-0.2, 0) is 9.59 Å². The molecule has 0 bridgehead atoms. The van der Waals surface area contributed by atoms with E-state index in [0.29, 0.717) is 32.5 Å². The van der Waals surface area contributed by atoms with E-state index in [2.05, 4.69) is 17.6 Å². The first-order valence-corrected chi connectivity index (χ1v) is 8.56. The summed E-state index contributed by atoms with van der Waals surface area (Å²) in [6.45, 7) is 3.72. The first kappa shape index (κ1) is 19.3. The average Bonchev–Trinajstić information content (AvgIpc) is 2.52. The number of rotatable bonds is 9. The third-order valence-corrected chi connectivity index (χ3v) is 4.00. The summed E-state index contributed by atoms with van der Waals surface area (Å²) < 4.78 is 0. The lowest BCUT2D eigenvalue weighted by Gasteiger charge is -2.32. The Labute approximate surface area is 137 Å². The molecule has 1 aliphatic rings. The first-order valence-electron chi connectivity index (χ1n) is 8.56. The van der Waals surface area contributed by atoms with Gasteiger partial charge in [0, 0.05) is 38.5 Å². The van der Waals surface area contributed by atoms with Gasteiger partial charge < -0.3 is 20.6 Å². The van der Waals surface area contributed by atoms with Crippen molar-refractivity contribution in [2.45, 2.75) is 64.3 Å². The predicted octanol–water partition coefficient (Wildman–Crippen LogP) is 1.72. The highest BCUT2D eigenvalue weighted by Gasteiger charge is 2.23. The van der Waals surface area contributed by atoms with E-state index in [0.717, 1.165) is 32.1 Å². The molecular weight excluding hydrogens is 298 g/mol. The molecule has 7 heteroatoms. The van der Waals surface area contributed by atoms with Crippen molar-refractivity contribution in [1.29, 1.82) is 0 Å². The Morgan fingerprint density at radius 1 is 1.09 bits per heavy atom. The van der Waals surface area contributed by atoms with Crippen LogP contribution in [0, 0.1) is 0 Å². The molecule has 0 aromatic carbocycles.